The van der Waals surface area contributed by atoms with Crippen LogP contribution in [-0.2, 0) is 19.3 Å². The zero-order valence-electron chi connectivity index (χ0n) is 12.1. The number of amides is 1. The molecule has 5 heteroatoms. The van der Waals surface area contributed by atoms with Gasteiger partial charge in [-0.25, -0.2) is 0 Å². The van der Waals surface area contributed by atoms with Gasteiger partial charge in [-0.3, -0.25) is 9.89 Å². The molecule has 1 aromatic heterocycles. The molecular weight excluding hydrogens is 266 g/mol. The normalized spacial score (nSPS) is 13.0. The van der Waals surface area contributed by atoms with E-state index in [0.29, 0.717) is 12.2 Å². The maximum atomic E-state index is 12.2. The topological polar surface area (TPSA) is 67.0 Å². The first-order valence-corrected chi connectivity index (χ1v) is 7.26. The molecule has 0 saturated heterocycles. The predicted molar refractivity (Wildman–Crippen MR) is 79.6 cm³/mol. The second-order valence-electron chi connectivity index (χ2n) is 5.20. The Balaban J connectivity index is 1.59. The summed E-state index contributed by atoms with van der Waals surface area (Å²) in [5, 5.41) is 10.0. The van der Waals surface area contributed by atoms with E-state index in [4.69, 9.17) is 4.74 Å². The summed E-state index contributed by atoms with van der Waals surface area (Å²) in [7, 11) is 1.66. The standard InChI is InChI=1S/C16H19N3O2/c1-21-14-8-3-2-5-11(14)9-10-17-16(20)15-12-6-4-7-13(12)18-19-15/h2-3,5,8H,4,6-7,9-10H2,1H3,(H,17,20)(H,18,19). The van der Waals surface area contributed by atoms with Crippen LogP contribution in [0, 0.1) is 0 Å². The number of H-pyrrole nitrogens is 1. The Kier molecular flexibility index (Phi) is 3.90. The Hall–Kier alpha value is -2.30. The lowest BCUT2D eigenvalue weighted by molar-refractivity contribution is 0.0948. The van der Waals surface area contributed by atoms with Crippen molar-refractivity contribution in [2.24, 2.45) is 0 Å². The highest BCUT2D eigenvalue weighted by Gasteiger charge is 2.22. The number of nitrogens with one attached hydrogen (secondary N) is 2. The first-order chi connectivity index (χ1) is 10.3. The summed E-state index contributed by atoms with van der Waals surface area (Å²) in [4.78, 5) is 12.2. The van der Waals surface area contributed by atoms with Crippen LogP contribution in [0.2, 0.25) is 0 Å². The number of aromatic amines is 1. The van der Waals surface area contributed by atoms with Gasteiger partial charge in [-0.05, 0) is 37.3 Å². The van der Waals surface area contributed by atoms with Gasteiger partial charge in [-0.1, -0.05) is 18.2 Å². The Bertz CT molecular complexity index is 649. The van der Waals surface area contributed by atoms with E-state index in [2.05, 4.69) is 15.5 Å². The lowest BCUT2D eigenvalue weighted by Crippen LogP contribution is -2.27. The van der Waals surface area contributed by atoms with Gasteiger partial charge in [-0.2, -0.15) is 5.10 Å². The number of carbonyl (C=O) groups is 1. The third-order valence-corrected chi connectivity index (χ3v) is 3.89. The molecule has 1 aliphatic carbocycles. The number of carbonyl (C=O) groups excluding carboxylic acids is 1. The van der Waals surface area contributed by atoms with Crippen molar-refractivity contribution in [3.8, 4) is 5.75 Å². The van der Waals surface area contributed by atoms with Gasteiger partial charge in [0, 0.05) is 17.8 Å². The maximum Gasteiger partial charge on any atom is 0.272 e. The number of hydrogen-bond acceptors (Lipinski definition) is 3. The number of benzene rings is 1. The minimum absolute atomic E-state index is 0.0932. The smallest absolute Gasteiger partial charge is 0.272 e. The van der Waals surface area contributed by atoms with E-state index < -0.39 is 0 Å². The van der Waals surface area contributed by atoms with Gasteiger partial charge >= 0.3 is 0 Å². The van der Waals surface area contributed by atoms with Crippen LogP contribution < -0.4 is 10.1 Å². The van der Waals surface area contributed by atoms with Gasteiger partial charge < -0.3 is 10.1 Å². The number of methoxy groups -OCH3 is 1. The van der Waals surface area contributed by atoms with E-state index in [9.17, 15) is 4.79 Å². The van der Waals surface area contributed by atoms with Gasteiger partial charge in [0.1, 0.15) is 5.75 Å². The number of aryl methyl sites for hydroxylation is 1. The Morgan fingerprint density at radius 2 is 2.24 bits per heavy atom. The summed E-state index contributed by atoms with van der Waals surface area (Å²) in [6.07, 6.45) is 3.78. The third kappa shape index (κ3) is 2.77. The number of para-hydroxylation sites is 1. The summed E-state index contributed by atoms with van der Waals surface area (Å²) in [5.74, 6) is 0.761. The van der Waals surface area contributed by atoms with Gasteiger partial charge in [-0.15, -0.1) is 0 Å². The largest absolute Gasteiger partial charge is 0.496 e. The lowest BCUT2D eigenvalue weighted by atomic mass is 10.1. The fourth-order valence-electron chi connectivity index (χ4n) is 2.81. The van der Waals surface area contributed by atoms with Crippen LogP contribution >= 0.6 is 0 Å². The molecule has 2 N–H and O–H groups in total. The number of aromatic nitrogens is 2. The van der Waals surface area contributed by atoms with Gasteiger partial charge in [0.15, 0.2) is 5.69 Å². The molecule has 5 nitrogen and oxygen atoms in total. The molecule has 0 spiro atoms. The Morgan fingerprint density at radius 3 is 3.10 bits per heavy atom. The van der Waals surface area contributed by atoms with Crippen LogP contribution in [0.4, 0.5) is 0 Å². The quantitative estimate of drug-likeness (QED) is 0.881. The average molecular weight is 285 g/mol. The summed E-state index contributed by atoms with van der Waals surface area (Å²) in [5.41, 5.74) is 3.85. The van der Waals surface area contributed by atoms with Gasteiger partial charge in [0.25, 0.3) is 5.91 Å². The van der Waals surface area contributed by atoms with Crippen LogP contribution in [0.5, 0.6) is 5.75 Å². The summed E-state index contributed by atoms with van der Waals surface area (Å²) >= 11 is 0. The van der Waals surface area contributed by atoms with E-state index in [1.54, 1.807) is 7.11 Å². The van der Waals surface area contributed by atoms with Crippen molar-refractivity contribution in [1.29, 1.82) is 0 Å². The second-order valence-corrected chi connectivity index (χ2v) is 5.20. The number of fused-ring (bicyclic) bond motifs is 1. The van der Waals surface area contributed by atoms with Gasteiger partial charge in [0.2, 0.25) is 0 Å². The molecule has 0 atom stereocenters. The molecule has 1 aliphatic rings. The average Bonchev–Trinajstić information content (AvgIpc) is 3.10. The molecular formula is C16H19N3O2. The van der Waals surface area contributed by atoms with E-state index in [-0.39, 0.29) is 5.91 Å². The molecule has 3 rings (SSSR count). The number of hydrogen-bond donors (Lipinski definition) is 2. The molecule has 2 aromatic rings. The van der Waals surface area contributed by atoms with Crippen LogP contribution in [0.3, 0.4) is 0 Å². The van der Waals surface area contributed by atoms with Crippen LogP contribution in [0.25, 0.3) is 0 Å². The molecule has 0 radical (unpaired) electrons. The lowest BCUT2D eigenvalue weighted by Gasteiger charge is -2.08. The number of ether oxygens (including phenoxy) is 1. The highest BCUT2D eigenvalue weighted by atomic mass is 16.5. The Labute approximate surface area is 123 Å². The fraction of sp³-hybridized carbons (Fsp3) is 0.375. The molecule has 0 unspecified atom stereocenters. The molecule has 1 heterocycles. The number of rotatable bonds is 5. The molecule has 0 bridgehead atoms. The third-order valence-electron chi connectivity index (χ3n) is 3.89. The first kappa shape index (κ1) is 13.7. The van der Waals surface area contributed by atoms with Crippen LogP contribution in [0.1, 0.15) is 33.7 Å². The molecule has 1 aromatic carbocycles. The maximum absolute atomic E-state index is 12.2. The van der Waals surface area contributed by atoms with Crippen molar-refractivity contribution >= 4 is 5.91 Å². The van der Waals surface area contributed by atoms with Gasteiger partial charge in [0.05, 0.1) is 7.11 Å². The number of nitrogens with zero attached hydrogens (tertiary/aromatic N) is 1. The van der Waals surface area contributed by atoms with Crippen molar-refractivity contribution in [3.63, 3.8) is 0 Å². The van der Waals surface area contributed by atoms with E-state index in [0.717, 1.165) is 48.3 Å². The molecule has 110 valence electrons. The zero-order valence-corrected chi connectivity index (χ0v) is 12.1. The van der Waals surface area contributed by atoms with E-state index in [1.807, 2.05) is 24.3 Å². The highest BCUT2D eigenvalue weighted by molar-refractivity contribution is 5.94. The first-order valence-electron chi connectivity index (χ1n) is 7.26. The predicted octanol–water partition coefficient (Wildman–Crippen LogP) is 1.88. The Morgan fingerprint density at radius 1 is 1.38 bits per heavy atom. The van der Waals surface area contributed by atoms with E-state index in [1.165, 1.54) is 0 Å². The minimum atomic E-state index is -0.0932. The van der Waals surface area contributed by atoms with Crippen LogP contribution in [-0.4, -0.2) is 29.8 Å². The minimum Gasteiger partial charge on any atom is -0.496 e. The van der Waals surface area contributed by atoms with Crippen molar-refractivity contribution in [2.75, 3.05) is 13.7 Å². The van der Waals surface area contributed by atoms with Crippen LogP contribution in [0.15, 0.2) is 24.3 Å². The van der Waals surface area contributed by atoms with E-state index >= 15 is 0 Å². The molecule has 0 saturated carbocycles. The van der Waals surface area contributed by atoms with Crippen molar-refractivity contribution in [3.05, 3.63) is 46.8 Å². The highest BCUT2D eigenvalue weighted by Crippen LogP contribution is 2.22. The SMILES string of the molecule is COc1ccccc1CCNC(=O)c1n[nH]c2c1CCC2. The summed E-state index contributed by atoms with van der Waals surface area (Å²) in [6.45, 7) is 0.570. The monoisotopic (exact) mass is 285 g/mol. The summed E-state index contributed by atoms with van der Waals surface area (Å²) < 4.78 is 5.31. The molecule has 0 aliphatic heterocycles. The molecule has 21 heavy (non-hydrogen) atoms. The second kappa shape index (κ2) is 5.99. The molecule has 1 amide bonds. The zero-order chi connectivity index (χ0) is 14.7. The summed E-state index contributed by atoms with van der Waals surface area (Å²) in [6, 6.07) is 7.85. The van der Waals surface area contributed by atoms with Crippen molar-refractivity contribution in [2.45, 2.75) is 25.7 Å². The van der Waals surface area contributed by atoms with Crippen molar-refractivity contribution in [1.82, 2.24) is 15.5 Å². The van der Waals surface area contributed by atoms with Crippen molar-refractivity contribution < 1.29 is 9.53 Å². The fourth-order valence-corrected chi connectivity index (χ4v) is 2.81. The molecule has 0 fully saturated rings.